The van der Waals surface area contributed by atoms with Gasteiger partial charge < -0.3 is 0 Å². The zero-order valence-corrected chi connectivity index (χ0v) is 8.54. The molecule has 2 aromatic heterocycles. The van der Waals surface area contributed by atoms with Crippen molar-refractivity contribution in [3.63, 3.8) is 0 Å². The number of nitrogens with zero attached hydrogens (tertiary/aromatic N) is 3. The third-order valence-corrected chi connectivity index (χ3v) is 2.38. The highest BCUT2D eigenvalue weighted by atomic mass is 14.9. The van der Waals surface area contributed by atoms with Crippen molar-refractivity contribution in [1.82, 2.24) is 15.0 Å². The Kier molecular flexibility index (Phi) is 2.07. The standard InChI is InChI=1S/C13H9N3/c1-2-5-10(6-3-1)13-15-9-12-11(16-13)7-4-8-14-12/h1-9H. The van der Waals surface area contributed by atoms with Crippen LogP contribution in [-0.4, -0.2) is 15.0 Å². The Bertz CT molecular complexity index is 620. The molecule has 0 bridgehead atoms. The molecule has 0 aliphatic rings. The lowest BCUT2D eigenvalue weighted by Crippen LogP contribution is -1.90. The van der Waals surface area contributed by atoms with Gasteiger partial charge >= 0.3 is 0 Å². The van der Waals surface area contributed by atoms with Crippen molar-refractivity contribution >= 4 is 11.0 Å². The van der Waals surface area contributed by atoms with Crippen LogP contribution in [0.1, 0.15) is 0 Å². The molecule has 0 spiro atoms. The number of aromatic nitrogens is 3. The Morgan fingerprint density at radius 1 is 0.750 bits per heavy atom. The van der Waals surface area contributed by atoms with E-state index in [9.17, 15) is 0 Å². The topological polar surface area (TPSA) is 38.7 Å². The van der Waals surface area contributed by atoms with Gasteiger partial charge in [0.25, 0.3) is 0 Å². The number of hydrogen-bond acceptors (Lipinski definition) is 3. The summed E-state index contributed by atoms with van der Waals surface area (Å²) in [5.41, 5.74) is 2.71. The molecule has 0 radical (unpaired) electrons. The van der Waals surface area contributed by atoms with E-state index in [2.05, 4.69) is 15.0 Å². The number of hydrogen-bond donors (Lipinski definition) is 0. The molecule has 0 fully saturated rings. The van der Waals surface area contributed by atoms with Crippen LogP contribution in [0.3, 0.4) is 0 Å². The highest BCUT2D eigenvalue weighted by molar-refractivity contribution is 5.75. The van der Waals surface area contributed by atoms with Crippen LogP contribution in [0.15, 0.2) is 54.9 Å². The number of benzene rings is 1. The van der Waals surface area contributed by atoms with Gasteiger partial charge in [0, 0.05) is 11.8 Å². The molecule has 0 aliphatic heterocycles. The van der Waals surface area contributed by atoms with E-state index < -0.39 is 0 Å². The molecule has 0 amide bonds. The summed E-state index contributed by atoms with van der Waals surface area (Å²) >= 11 is 0. The summed E-state index contributed by atoms with van der Waals surface area (Å²) in [5, 5.41) is 0. The molecule has 1 aromatic carbocycles. The van der Waals surface area contributed by atoms with Crippen LogP contribution in [0.4, 0.5) is 0 Å². The second-order valence-corrected chi connectivity index (χ2v) is 3.47. The number of fused-ring (bicyclic) bond motifs is 1. The van der Waals surface area contributed by atoms with Crippen molar-refractivity contribution in [2.24, 2.45) is 0 Å². The highest BCUT2D eigenvalue weighted by Crippen LogP contribution is 2.16. The summed E-state index contributed by atoms with van der Waals surface area (Å²) in [4.78, 5) is 13.0. The minimum absolute atomic E-state index is 0.737. The molecule has 3 aromatic rings. The predicted molar refractivity (Wildman–Crippen MR) is 62.8 cm³/mol. The average molecular weight is 207 g/mol. The minimum Gasteiger partial charge on any atom is -0.253 e. The van der Waals surface area contributed by atoms with Crippen molar-refractivity contribution in [3.8, 4) is 11.4 Å². The first-order valence-electron chi connectivity index (χ1n) is 5.07. The van der Waals surface area contributed by atoms with Gasteiger partial charge in [0.15, 0.2) is 5.82 Å². The molecule has 3 heteroatoms. The fourth-order valence-electron chi connectivity index (χ4n) is 1.59. The first-order chi connectivity index (χ1) is 7.93. The van der Waals surface area contributed by atoms with Crippen LogP contribution >= 0.6 is 0 Å². The van der Waals surface area contributed by atoms with E-state index in [1.54, 1.807) is 12.4 Å². The molecular weight excluding hydrogens is 198 g/mol. The molecule has 0 atom stereocenters. The maximum absolute atomic E-state index is 4.47. The zero-order chi connectivity index (χ0) is 10.8. The van der Waals surface area contributed by atoms with E-state index >= 15 is 0 Å². The van der Waals surface area contributed by atoms with Gasteiger partial charge in [0.1, 0.15) is 5.52 Å². The van der Waals surface area contributed by atoms with Gasteiger partial charge in [-0.25, -0.2) is 9.97 Å². The number of pyridine rings is 1. The first kappa shape index (κ1) is 8.97. The van der Waals surface area contributed by atoms with E-state index in [-0.39, 0.29) is 0 Å². The Labute approximate surface area is 92.8 Å². The minimum atomic E-state index is 0.737. The van der Waals surface area contributed by atoms with Crippen LogP contribution in [0.25, 0.3) is 22.4 Å². The first-order valence-corrected chi connectivity index (χ1v) is 5.07. The summed E-state index contributed by atoms with van der Waals surface area (Å²) in [6, 6.07) is 13.8. The molecule has 76 valence electrons. The van der Waals surface area contributed by atoms with Crippen molar-refractivity contribution in [2.45, 2.75) is 0 Å². The van der Waals surface area contributed by atoms with Gasteiger partial charge in [-0.2, -0.15) is 0 Å². The third kappa shape index (κ3) is 1.52. The van der Waals surface area contributed by atoms with Gasteiger partial charge in [0.05, 0.1) is 11.7 Å². The normalized spacial score (nSPS) is 10.5. The molecule has 0 N–H and O–H groups in total. The number of rotatable bonds is 1. The van der Waals surface area contributed by atoms with Crippen molar-refractivity contribution in [2.75, 3.05) is 0 Å². The summed E-state index contributed by atoms with van der Waals surface area (Å²) in [7, 11) is 0. The molecule has 0 saturated heterocycles. The molecule has 2 heterocycles. The van der Waals surface area contributed by atoms with E-state index in [1.165, 1.54) is 0 Å². The summed E-state index contributed by atoms with van der Waals surface area (Å²) in [5.74, 6) is 0.737. The van der Waals surface area contributed by atoms with Crippen LogP contribution in [0.2, 0.25) is 0 Å². The molecule has 0 unspecified atom stereocenters. The van der Waals surface area contributed by atoms with Crippen molar-refractivity contribution in [3.05, 3.63) is 54.9 Å². The van der Waals surface area contributed by atoms with Crippen molar-refractivity contribution < 1.29 is 0 Å². The Balaban J connectivity index is 2.19. The van der Waals surface area contributed by atoms with Gasteiger partial charge in [-0.15, -0.1) is 0 Å². The highest BCUT2D eigenvalue weighted by Gasteiger charge is 2.01. The molecular formula is C13H9N3. The summed E-state index contributed by atoms with van der Waals surface area (Å²) < 4.78 is 0. The lowest BCUT2D eigenvalue weighted by Gasteiger charge is -2.00. The summed E-state index contributed by atoms with van der Waals surface area (Å²) in [6.07, 6.45) is 3.50. The van der Waals surface area contributed by atoms with E-state index in [1.807, 2.05) is 42.5 Å². The van der Waals surface area contributed by atoms with Gasteiger partial charge in [-0.1, -0.05) is 30.3 Å². The molecule has 16 heavy (non-hydrogen) atoms. The second-order valence-electron chi connectivity index (χ2n) is 3.47. The predicted octanol–water partition coefficient (Wildman–Crippen LogP) is 2.69. The second kappa shape index (κ2) is 3.70. The maximum Gasteiger partial charge on any atom is 0.159 e. The van der Waals surface area contributed by atoms with Crippen molar-refractivity contribution in [1.29, 1.82) is 0 Å². The lowest BCUT2D eigenvalue weighted by molar-refractivity contribution is 1.20. The van der Waals surface area contributed by atoms with Gasteiger partial charge in [-0.05, 0) is 12.1 Å². The molecule has 0 saturated carbocycles. The fourth-order valence-corrected chi connectivity index (χ4v) is 1.59. The van der Waals surface area contributed by atoms with E-state index in [0.717, 1.165) is 22.4 Å². The Morgan fingerprint density at radius 2 is 1.62 bits per heavy atom. The zero-order valence-electron chi connectivity index (χ0n) is 8.54. The Morgan fingerprint density at radius 3 is 2.50 bits per heavy atom. The lowest BCUT2D eigenvalue weighted by atomic mass is 10.2. The monoisotopic (exact) mass is 207 g/mol. The molecule has 3 rings (SSSR count). The SMILES string of the molecule is c1ccc(-c2ncc3ncccc3n2)cc1. The van der Waals surface area contributed by atoms with Gasteiger partial charge in [-0.3, -0.25) is 4.98 Å². The van der Waals surface area contributed by atoms with Crippen LogP contribution in [-0.2, 0) is 0 Å². The fraction of sp³-hybridized carbons (Fsp3) is 0. The quantitative estimate of drug-likeness (QED) is 0.615. The van der Waals surface area contributed by atoms with E-state index in [4.69, 9.17) is 0 Å². The molecule has 3 nitrogen and oxygen atoms in total. The molecule has 0 aliphatic carbocycles. The van der Waals surface area contributed by atoms with Crippen LogP contribution < -0.4 is 0 Å². The van der Waals surface area contributed by atoms with Crippen LogP contribution in [0, 0.1) is 0 Å². The smallest absolute Gasteiger partial charge is 0.159 e. The van der Waals surface area contributed by atoms with Gasteiger partial charge in [0.2, 0.25) is 0 Å². The maximum atomic E-state index is 4.47. The van der Waals surface area contributed by atoms with Crippen LogP contribution in [0.5, 0.6) is 0 Å². The third-order valence-electron chi connectivity index (χ3n) is 2.38. The average Bonchev–Trinajstić information content (AvgIpc) is 2.39. The largest absolute Gasteiger partial charge is 0.253 e. The Hall–Kier alpha value is -2.29. The summed E-state index contributed by atoms with van der Waals surface area (Å²) in [6.45, 7) is 0. The van der Waals surface area contributed by atoms with E-state index in [0.29, 0.717) is 0 Å².